The van der Waals surface area contributed by atoms with E-state index in [4.69, 9.17) is 5.73 Å². The van der Waals surface area contributed by atoms with Crippen molar-refractivity contribution < 1.29 is 14.7 Å². The molecule has 0 aromatic heterocycles. The lowest BCUT2D eigenvalue weighted by Gasteiger charge is -2.13. The lowest BCUT2D eigenvalue weighted by molar-refractivity contribution is -0.126. The van der Waals surface area contributed by atoms with Gasteiger partial charge in [0, 0.05) is 16.6 Å². The molecule has 144 valence electrons. The molecule has 0 aliphatic heterocycles. The predicted octanol–water partition coefficient (Wildman–Crippen LogP) is 2.16. The van der Waals surface area contributed by atoms with Crippen molar-refractivity contribution in [3.8, 4) is 5.75 Å². The number of benzene rings is 2. The molecular weight excluding hydrogens is 410 g/mol. The smallest absolute Gasteiger partial charge is 0.239 e. The maximum Gasteiger partial charge on any atom is 0.239 e. The first-order chi connectivity index (χ1) is 12.9. The third-order valence-corrected chi connectivity index (χ3v) is 4.62. The van der Waals surface area contributed by atoms with Crippen LogP contribution in [0.25, 0.3) is 0 Å². The van der Waals surface area contributed by atoms with Crippen LogP contribution in [0.4, 0.5) is 0 Å². The summed E-state index contributed by atoms with van der Waals surface area (Å²) >= 11 is 3.36. The Labute approximate surface area is 167 Å². The van der Waals surface area contributed by atoms with Crippen molar-refractivity contribution in [2.75, 3.05) is 6.54 Å². The van der Waals surface area contributed by atoms with Crippen LogP contribution in [0.1, 0.15) is 23.1 Å². The normalized spacial score (nSPS) is 11.7. The number of aromatic hydroxyl groups is 1. The Morgan fingerprint density at radius 1 is 1.19 bits per heavy atom. The van der Waals surface area contributed by atoms with Crippen LogP contribution in [0.15, 0.2) is 46.9 Å². The Balaban J connectivity index is 1.74. The first-order valence-corrected chi connectivity index (χ1v) is 9.48. The molecule has 7 heteroatoms. The summed E-state index contributed by atoms with van der Waals surface area (Å²) in [5, 5.41) is 15.2. The van der Waals surface area contributed by atoms with Crippen LogP contribution in [0, 0.1) is 6.92 Å². The molecule has 0 heterocycles. The van der Waals surface area contributed by atoms with E-state index in [1.54, 1.807) is 19.1 Å². The number of carbonyl (C=O) groups excluding carboxylic acids is 2. The lowest BCUT2D eigenvalue weighted by atomic mass is 10.1. The van der Waals surface area contributed by atoms with E-state index < -0.39 is 6.04 Å². The molecule has 5 N–H and O–H groups in total. The van der Waals surface area contributed by atoms with Crippen molar-refractivity contribution in [1.82, 2.24) is 10.6 Å². The van der Waals surface area contributed by atoms with E-state index in [-0.39, 0.29) is 30.7 Å². The summed E-state index contributed by atoms with van der Waals surface area (Å²) in [6.07, 6.45) is 1.20. The van der Waals surface area contributed by atoms with Crippen LogP contribution in [-0.4, -0.2) is 29.5 Å². The quantitative estimate of drug-likeness (QED) is 0.511. The minimum Gasteiger partial charge on any atom is -0.507 e. The fourth-order valence-electron chi connectivity index (χ4n) is 2.59. The van der Waals surface area contributed by atoms with Crippen molar-refractivity contribution >= 4 is 27.7 Å². The minimum atomic E-state index is -0.672. The lowest BCUT2D eigenvalue weighted by Crippen LogP contribution is -2.45. The standard InChI is InChI=1S/C20H24BrN3O3/c1-13-9-16(21)10-15(19(13)26)11-23-18(25)12-24-20(27)17(22)8-7-14-5-3-2-4-6-14/h2-6,9-10,17,26H,7-8,11-12,22H2,1H3,(H,23,25)(H,24,27). The number of rotatable bonds is 8. The summed E-state index contributed by atoms with van der Waals surface area (Å²) in [5.74, 6) is -0.566. The van der Waals surface area contributed by atoms with E-state index in [0.29, 0.717) is 24.0 Å². The van der Waals surface area contributed by atoms with Crippen LogP contribution in [-0.2, 0) is 22.6 Å². The van der Waals surface area contributed by atoms with E-state index in [1.165, 1.54) is 0 Å². The van der Waals surface area contributed by atoms with Crippen LogP contribution in [0.5, 0.6) is 5.75 Å². The molecule has 1 atom stereocenters. The van der Waals surface area contributed by atoms with Crippen molar-refractivity contribution in [3.05, 3.63) is 63.6 Å². The van der Waals surface area contributed by atoms with Gasteiger partial charge in [-0.3, -0.25) is 9.59 Å². The van der Waals surface area contributed by atoms with Gasteiger partial charge in [-0.2, -0.15) is 0 Å². The molecule has 2 aromatic carbocycles. The summed E-state index contributed by atoms with van der Waals surface area (Å²) in [6, 6.07) is 12.6. The number of nitrogens with two attached hydrogens (primary N) is 1. The van der Waals surface area contributed by atoms with Crippen molar-refractivity contribution in [2.45, 2.75) is 32.4 Å². The molecule has 2 rings (SSSR count). The maximum atomic E-state index is 12.0. The van der Waals surface area contributed by atoms with Crippen molar-refractivity contribution in [1.29, 1.82) is 0 Å². The highest BCUT2D eigenvalue weighted by atomic mass is 79.9. The molecule has 0 bridgehead atoms. The summed E-state index contributed by atoms with van der Waals surface area (Å²) in [5.41, 5.74) is 8.31. The number of phenolic OH excluding ortho intramolecular Hbond substituents is 1. The van der Waals surface area contributed by atoms with Gasteiger partial charge >= 0.3 is 0 Å². The fourth-order valence-corrected chi connectivity index (χ4v) is 3.21. The third kappa shape index (κ3) is 6.69. The molecule has 0 spiro atoms. The largest absolute Gasteiger partial charge is 0.507 e. The highest BCUT2D eigenvalue weighted by Gasteiger charge is 2.15. The van der Waals surface area contributed by atoms with Gasteiger partial charge in [0.1, 0.15) is 5.75 Å². The molecule has 0 fully saturated rings. The van der Waals surface area contributed by atoms with E-state index in [2.05, 4.69) is 26.6 Å². The number of hydrogen-bond donors (Lipinski definition) is 4. The Kier molecular flexibility index (Phi) is 7.82. The second-order valence-corrected chi connectivity index (χ2v) is 7.27. The van der Waals surface area contributed by atoms with Gasteiger partial charge in [0.2, 0.25) is 11.8 Å². The minimum absolute atomic E-state index is 0.144. The molecule has 0 radical (unpaired) electrons. The first kappa shape index (κ1) is 20.9. The number of nitrogens with one attached hydrogen (secondary N) is 2. The summed E-state index contributed by atoms with van der Waals surface area (Å²) in [4.78, 5) is 24.0. The number of aryl methyl sites for hydroxylation is 2. The Morgan fingerprint density at radius 3 is 2.59 bits per heavy atom. The zero-order chi connectivity index (χ0) is 19.8. The summed E-state index contributed by atoms with van der Waals surface area (Å²) < 4.78 is 0.819. The molecule has 0 aliphatic rings. The molecule has 6 nitrogen and oxygen atoms in total. The zero-order valence-electron chi connectivity index (χ0n) is 15.2. The third-order valence-electron chi connectivity index (χ3n) is 4.17. The number of carbonyl (C=O) groups is 2. The average Bonchev–Trinajstić information content (AvgIpc) is 2.66. The van der Waals surface area contributed by atoms with Crippen LogP contribution >= 0.6 is 15.9 Å². The van der Waals surface area contributed by atoms with Crippen molar-refractivity contribution in [3.63, 3.8) is 0 Å². The predicted molar refractivity (Wildman–Crippen MR) is 108 cm³/mol. The van der Waals surface area contributed by atoms with Crippen LogP contribution in [0.3, 0.4) is 0 Å². The SMILES string of the molecule is Cc1cc(Br)cc(CNC(=O)CNC(=O)C(N)CCc2ccccc2)c1O. The van der Waals surface area contributed by atoms with Gasteiger partial charge in [0.05, 0.1) is 12.6 Å². The Morgan fingerprint density at radius 2 is 1.89 bits per heavy atom. The first-order valence-electron chi connectivity index (χ1n) is 8.68. The van der Waals surface area contributed by atoms with E-state index in [0.717, 1.165) is 10.0 Å². The van der Waals surface area contributed by atoms with Gasteiger partial charge in [-0.1, -0.05) is 46.3 Å². The van der Waals surface area contributed by atoms with Gasteiger partial charge < -0.3 is 21.5 Å². The highest BCUT2D eigenvalue weighted by molar-refractivity contribution is 9.10. The number of phenols is 1. The molecular formula is C20H24BrN3O3. The molecule has 1 unspecified atom stereocenters. The molecule has 2 aromatic rings. The zero-order valence-corrected chi connectivity index (χ0v) is 16.8. The maximum absolute atomic E-state index is 12.0. The molecule has 0 saturated carbocycles. The average molecular weight is 434 g/mol. The van der Waals surface area contributed by atoms with E-state index >= 15 is 0 Å². The fraction of sp³-hybridized carbons (Fsp3) is 0.300. The molecule has 0 saturated heterocycles. The highest BCUT2D eigenvalue weighted by Crippen LogP contribution is 2.26. The van der Waals surface area contributed by atoms with Gasteiger partial charge in [-0.15, -0.1) is 0 Å². The van der Waals surface area contributed by atoms with E-state index in [9.17, 15) is 14.7 Å². The second-order valence-electron chi connectivity index (χ2n) is 6.36. The monoisotopic (exact) mass is 433 g/mol. The molecule has 2 amide bonds. The topological polar surface area (TPSA) is 104 Å². The van der Waals surface area contributed by atoms with E-state index in [1.807, 2.05) is 30.3 Å². The van der Waals surface area contributed by atoms with Gasteiger partial charge in [0.15, 0.2) is 0 Å². The number of halogens is 1. The van der Waals surface area contributed by atoms with Crippen molar-refractivity contribution in [2.24, 2.45) is 5.73 Å². The summed E-state index contributed by atoms with van der Waals surface area (Å²) in [7, 11) is 0. The van der Waals surface area contributed by atoms with Crippen LogP contribution < -0.4 is 16.4 Å². The van der Waals surface area contributed by atoms with Gasteiger partial charge in [-0.05, 0) is 43.0 Å². The van der Waals surface area contributed by atoms with Gasteiger partial charge in [0.25, 0.3) is 0 Å². The van der Waals surface area contributed by atoms with Crippen LogP contribution in [0.2, 0.25) is 0 Å². The Hall–Kier alpha value is -2.38. The molecule has 0 aliphatic carbocycles. The van der Waals surface area contributed by atoms with Gasteiger partial charge in [-0.25, -0.2) is 0 Å². The summed E-state index contributed by atoms with van der Waals surface area (Å²) in [6.45, 7) is 1.79. The Bertz CT molecular complexity index is 797. The molecule has 27 heavy (non-hydrogen) atoms. The second kappa shape index (κ2) is 10.1. The number of hydrogen-bond acceptors (Lipinski definition) is 4. The number of amides is 2.